The zero-order chi connectivity index (χ0) is 17.8. The molecule has 4 rings (SSSR count). The number of carbonyl (C=O) groups is 1. The number of pyridine rings is 1. The monoisotopic (exact) mass is 351 g/mol. The normalized spacial score (nSPS) is 20.8. The minimum atomic E-state index is -0.0627. The van der Waals surface area contributed by atoms with Gasteiger partial charge in [-0.15, -0.1) is 0 Å². The van der Waals surface area contributed by atoms with Crippen molar-refractivity contribution in [1.29, 1.82) is 0 Å². The Kier molecular flexibility index (Phi) is 5.16. The number of amides is 1. The van der Waals surface area contributed by atoms with Crippen LogP contribution < -0.4 is 4.74 Å². The van der Waals surface area contributed by atoms with Crippen molar-refractivity contribution in [3.05, 3.63) is 59.9 Å². The highest BCUT2D eigenvalue weighted by atomic mass is 16.5. The van der Waals surface area contributed by atoms with Crippen molar-refractivity contribution in [2.24, 2.45) is 5.92 Å². The molecule has 1 fully saturated rings. The summed E-state index contributed by atoms with van der Waals surface area (Å²) in [6.07, 6.45) is 3.62. The Morgan fingerprint density at radius 1 is 1.08 bits per heavy atom. The van der Waals surface area contributed by atoms with E-state index in [1.54, 1.807) is 0 Å². The Bertz CT molecular complexity index is 750. The van der Waals surface area contributed by atoms with Gasteiger partial charge in [0.05, 0.1) is 11.6 Å². The van der Waals surface area contributed by atoms with Gasteiger partial charge in [-0.05, 0) is 36.6 Å². The molecule has 136 valence electrons. The summed E-state index contributed by atoms with van der Waals surface area (Å²) in [5.41, 5.74) is 2.23. The van der Waals surface area contributed by atoms with Gasteiger partial charge >= 0.3 is 0 Å². The quantitative estimate of drug-likeness (QED) is 0.852. The summed E-state index contributed by atoms with van der Waals surface area (Å²) >= 11 is 0. The van der Waals surface area contributed by atoms with Gasteiger partial charge < -0.3 is 9.64 Å². The van der Waals surface area contributed by atoms with E-state index in [4.69, 9.17) is 4.74 Å². The molecule has 26 heavy (non-hydrogen) atoms. The van der Waals surface area contributed by atoms with Gasteiger partial charge in [-0.25, -0.2) is 0 Å². The molecule has 3 heterocycles. The van der Waals surface area contributed by atoms with E-state index in [2.05, 4.69) is 22.0 Å². The number of nitrogens with zero attached hydrogens (tertiary/aromatic N) is 3. The van der Waals surface area contributed by atoms with Gasteiger partial charge in [0.15, 0.2) is 0 Å². The second kappa shape index (κ2) is 7.87. The van der Waals surface area contributed by atoms with Crippen LogP contribution in [0, 0.1) is 5.92 Å². The maximum atomic E-state index is 13.0. The maximum absolute atomic E-state index is 13.0. The standard InChI is InChI=1S/C21H25N3O2/c25-21(18-14-17-6-1-2-8-20(17)26-16-18)24-11-5-10-23(12-13-24)15-19-7-3-4-9-22-19/h1-4,6-9,18H,5,10-16H2. The fraction of sp³-hybridized carbons (Fsp3) is 0.429. The Balaban J connectivity index is 1.35. The summed E-state index contributed by atoms with van der Waals surface area (Å²) in [6, 6.07) is 14.1. The predicted molar refractivity (Wildman–Crippen MR) is 99.8 cm³/mol. The van der Waals surface area contributed by atoms with Crippen LogP contribution >= 0.6 is 0 Å². The van der Waals surface area contributed by atoms with Crippen molar-refractivity contribution < 1.29 is 9.53 Å². The summed E-state index contributed by atoms with van der Waals surface area (Å²) in [5.74, 6) is 1.10. The Hall–Kier alpha value is -2.40. The van der Waals surface area contributed by atoms with Gasteiger partial charge in [0, 0.05) is 38.9 Å². The minimum Gasteiger partial charge on any atom is -0.492 e. The van der Waals surface area contributed by atoms with Gasteiger partial charge in [0.1, 0.15) is 12.4 Å². The van der Waals surface area contributed by atoms with Gasteiger partial charge in [0.2, 0.25) is 5.91 Å². The van der Waals surface area contributed by atoms with Crippen LogP contribution in [0.5, 0.6) is 5.75 Å². The van der Waals surface area contributed by atoms with Crippen molar-refractivity contribution in [1.82, 2.24) is 14.8 Å². The van der Waals surface area contributed by atoms with Crippen LogP contribution in [0.2, 0.25) is 0 Å². The second-order valence-electron chi connectivity index (χ2n) is 7.10. The number of rotatable bonds is 3. The molecule has 1 amide bonds. The summed E-state index contributed by atoms with van der Waals surface area (Å²) in [4.78, 5) is 21.8. The number of hydrogen-bond acceptors (Lipinski definition) is 4. The SMILES string of the molecule is O=C(C1COc2ccccc2C1)N1CCCN(Cc2ccccn2)CC1. The lowest BCUT2D eigenvalue weighted by Crippen LogP contribution is -2.42. The molecule has 0 saturated carbocycles. The number of aromatic nitrogens is 1. The van der Waals surface area contributed by atoms with Crippen molar-refractivity contribution in [2.75, 3.05) is 32.8 Å². The fourth-order valence-corrected chi connectivity index (χ4v) is 3.82. The van der Waals surface area contributed by atoms with E-state index in [-0.39, 0.29) is 11.8 Å². The fourth-order valence-electron chi connectivity index (χ4n) is 3.82. The van der Waals surface area contributed by atoms with Gasteiger partial charge in [-0.3, -0.25) is 14.7 Å². The number of ether oxygens (including phenoxy) is 1. The number of benzene rings is 1. The molecule has 5 nitrogen and oxygen atoms in total. The molecule has 1 unspecified atom stereocenters. The van der Waals surface area contributed by atoms with Crippen LogP contribution in [0.3, 0.4) is 0 Å². The zero-order valence-corrected chi connectivity index (χ0v) is 15.0. The Morgan fingerprint density at radius 2 is 1.96 bits per heavy atom. The minimum absolute atomic E-state index is 0.0627. The van der Waals surface area contributed by atoms with Gasteiger partial charge in [-0.1, -0.05) is 24.3 Å². The molecule has 0 bridgehead atoms. The van der Waals surface area contributed by atoms with E-state index in [1.807, 2.05) is 41.4 Å². The Morgan fingerprint density at radius 3 is 2.85 bits per heavy atom. The van der Waals surface area contributed by atoms with E-state index in [9.17, 15) is 4.79 Å². The van der Waals surface area contributed by atoms with E-state index in [0.717, 1.165) is 62.6 Å². The molecular formula is C21H25N3O2. The van der Waals surface area contributed by atoms with Crippen molar-refractivity contribution >= 4 is 5.91 Å². The molecule has 2 aromatic rings. The lowest BCUT2D eigenvalue weighted by atomic mass is 9.95. The summed E-state index contributed by atoms with van der Waals surface area (Å²) in [7, 11) is 0. The molecule has 2 aliphatic rings. The average molecular weight is 351 g/mol. The third-order valence-electron chi connectivity index (χ3n) is 5.24. The summed E-state index contributed by atoms with van der Waals surface area (Å²) in [6.45, 7) is 4.85. The topological polar surface area (TPSA) is 45.7 Å². The highest BCUT2D eigenvalue weighted by Gasteiger charge is 2.30. The average Bonchev–Trinajstić information content (AvgIpc) is 2.93. The van der Waals surface area contributed by atoms with Crippen LogP contribution in [0.15, 0.2) is 48.7 Å². The molecule has 1 saturated heterocycles. The molecule has 2 aliphatic heterocycles. The smallest absolute Gasteiger partial charge is 0.229 e. The van der Waals surface area contributed by atoms with E-state index < -0.39 is 0 Å². The molecule has 5 heteroatoms. The highest BCUT2D eigenvalue weighted by molar-refractivity contribution is 5.79. The van der Waals surface area contributed by atoms with Crippen LogP contribution in [-0.2, 0) is 17.8 Å². The lowest BCUT2D eigenvalue weighted by Gasteiger charge is -2.29. The number of para-hydroxylation sites is 1. The first-order valence-corrected chi connectivity index (χ1v) is 9.41. The zero-order valence-electron chi connectivity index (χ0n) is 15.0. The van der Waals surface area contributed by atoms with Crippen LogP contribution in [0.4, 0.5) is 0 Å². The molecule has 0 N–H and O–H groups in total. The Labute approximate surface area is 154 Å². The molecule has 1 atom stereocenters. The molecule has 0 aliphatic carbocycles. The first kappa shape index (κ1) is 17.0. The number of hydrogen-bond donors (Lipinski definition) is 0. The maximum Gasteiger partial charge on any atom is 0.229 e. The van der Waals surface area contributed by atoms with E-state index >= 15 is 0 Å². The summed E-state index contributed by atoms with van der Waals surface area (Å²) in [5, 5.41) is 0. The third-order valence-corrected chi connectivity index (χ3v) is 5.24. The van der Waals surface area contributed by atoms with Gasteiger partial charge in [0.25, 0.3) is 0 Å². The van der Waals surface area contributed by atoms with Gasteiger partial charge in [-0.2, -0.15) is 0 Å². The molecule has 0 spiro atoms. The number of carbonyl (C=O) groups excluding carboxylic acids is 1. The van der Waals surface area contributed by atoms with Crippen LogP contribution in [0.1, 0.15) is 17.7 Å². The first-order valence-electron chi connectivity index (χ1n) is 9.41. The highest BCUT2D eigenvalue weighted by Crippen LogP contribution is 2.28. The van der Waals surface area contributed by atoms with Crippen molar-refractivity contribution in [2.45, 2.75) is 19.4 Å². The van der Waals surface area contributed by atoms with Crippen molar-refractivity contribution in [3.8, 4) is 5.75 Å². The third kappa shape index (κ3) is 3.88. The second-order valence-corrected chi connectivity index (χ2v) is 7.10. The van der Waals surface area contributed by atoms with Crippen molar-refractivity contribution in [3.63, 3.8) is 0 Å². The molecule has 1 aromatic heterocycles. The van der Waals surface area contributed by atoms with Crippen LogP contribution in [0.25, 0.3) is 0 Å². The van der Waals surface area contributed by atoms with E-state index in [0.29, 0.717) is 6.61 Å². The first-order chi connectivity index (χ1) is 12.8. The molecule has 0 radical (unpaired) electrons. The largest absolute Gasteiger partial charge is 0.492 e. The molecular weight excluding hydrogens is 326 g/mol. The van der Waals surface area contributed by atoms with Crippen LogP contribution in [-0.4, -0.2) is 53.5 Å². The number of fused-ring (bicyclic) bond motifs is 1. The lowest BCUT2D eigenvalue weighted by molar-refractivity contribution is -0.136. The summed E-state index contributed by atoms with van der Waals surface area (Å²) < 4.78 is 5.81. The predicted octanol–water partition coefficient (Wildman–Crippen LogP) is 2.37. The van der Waals surface area contributed by atoms with E-state index in [1.165, 1.54) is 0 Å². The molecule has 1 aromatic carbocycles.